The smallest absolute Gasteiger partial charge is 0.118 e. The Morgan fingerprint density at radius 3 is 2.50 bits per heavy atom. The highest BCUT2D eigenvalue weighted by atomic mass is 35.5. The van der Waals surface area contributed by atoms with Crippen LogP contribution in [-0.4, -0.2) is 12.2 Å². The van der Waals surface area contributed by atoms with Gasteiger partial charge in [0.1, 0.15) is 5.75 Å². The highest BCUT2D eigenvalue weighted by Gasteiger charge is 2.07. The predicted octanol–water partition coefficient (Wildman–Crippen LogP) is 2.87. The predicted molar refractivity (Wildman–Crippen MR) is 57.6 cm³/mol. The minimum Gasteiger partial charge on any atom is -0.497 e. The fourth-order valence-electron chi connectivity index (χ4n) is 1.15. The van der Waals surface area contributed by atoms with Crippen LogP contribution in [0.4, 0.5) is 0 Å². The standard InChI is InChI=1S/C11H13ClO2/c1-8(12)7-11(13)9-3-5-10(14-2)6-4-9/h3-6,11,13H,1,7H2,2H3. The maximum absolute atomic E-state index is 9.67. The fourth-order valence-corrected chi connectivity index (χ4v) is 1.30. The number of rotatable bonds is 4. The van der Waals surface area contributed by atoms with Gasteiger partial charge in [0, 0.05) is 11.5 Å². The van der Waals surface area contributed by atoms with Gasteiger partial charge in [-0.15, -0.1) is 0 Å². The van der Waals surface area contributed by atoms with Gasteiger partial charge in [-0.1, -0.05) is 30.3 Å². The van der Waals surface area contributed by atoms with E-state index in [9.17, 15) is 5.11 Å². The van der Waals surface area contributed by atoms with Crippen molar-refractivity contribution in [1.29, 1.82) is 0 Å². The van der Waals surface area contributed by atoms with E-state index in [-0.39, 0.29) is 0 Å². The van der Waals surface area contributed by atoms with E-state index in [2.05, 4.69) is 6.58 Å². The van der Waals surface area contributed by atoms with Gasteiger partial charge in [-0.25, -0.2) is 0 Å². The molecule has 1 rings (SSSR count). The third-order valence-corrected chi connectivity index (χ3v) is 2.07. The summed E-state index contributed by atoms with van der Waals surface area (Å²) in [4.78, 5) is 0. The molecule has 2 nitrogen and oxygen atoms in total. The Bertz CT molecular complexity index is 306. The van der Waals surface area contributed by atoms with Crippen molar-refractivity contribution in [3.63, 3.8) is 0 Å². The molecule has 0 radical (unpaired) electrons. The summed E-state index contributed by atoms with van der Waals surface area (Å²) in [5.74, 6) is 0.769. The van der Waals surface area contributed by atoms with Gasteiger partial charge in [0.05, 0.1) is 13.2 Å². The maximum atomic E-state index is 9.67. The van der Waals surface area contributed by atoms with Gasteiger partial charge in [0.25, 0.3) is 0 Å². The lowest BCUT2D eigenvalue weighted by atomic mass is 10.1. The molecule has 0 heterocycles. The molecule has 0 fully saturated rings. The molecule has 0 saturated carbocycles. The van der Waals surface area contributed by atoms with Crippen LogP contribution in [0.15, 0.2) is 35.9 Å². The van der Waals surface area contributed by atoms with Crippen LogP contribution in [0.25, 0.3) is 0 Å². The second-order valence-corrected chi connectivity index (χ2v) is 3.54. The van der Waals surface area contributed by atoms with Crippen LogP contribution < -0.4 is 4.74 Å². The molecule has 76 valence electrons. The molecule has 0 saturated heterocycles. The first kappa shape index (κ1) is 11.1. The fraction of sp³-hybridized carbons (Fsp3) is 0.273. The minimum atomic E-state index is -0.592. The molecule has 1 aromatic rings. The molecule has 0 aromatic heterocycles. The van der Waals surface area contributed by atoms with E-state index < -0.39 is 6.10 Å². The second-order valence-electron chi connectivity index (χ2n) is 3.01. The summed E-state index contributed by atoms with van der Waals surface area (Å²) < 4.78 is 5.00. The number of halogens is 1. The molecule has 1 unspecified atom stereocenters. The number of aliphatic hydroxyl groups excluding tert-OH is 1. The van der Waals surface area contributed by atoms with Gasteiger partial charge in [-0.3, -0.25) is 0 Å². The SMILES string of the molecule is C=C(Cl)CC(O)c1ccc(OC)cc1. The van der Waals surface area contributed by atoms with Crippen molar-refractivity contribution in [2.24, 2.45) is 0 Å². The van der Waals surface area contributed by atoms with E-state index >= 15 is 0 Å². The minimum absolute atomic E-state index is 0.369. The Morgan fingerprint density at radius 2 is 2.07 bits per heavy atom. The van der Waals surface area contributed by atoms with Gasteiger partial charge >= 0.3 is 0 Å². The topological polar surface area (TPSA) is 29.5 Å². The molecule has 0 amide bonds. The number of benzene rings is 1. The van der Waals surface area contributed by atoms with E-state index in [4.69, 9.17) is 16.3 Å². The van der Waals surface area contributed by atoms with Crippen LogP contribution >= 0.6 is 11.6 Å². The van der Waals surface area contributed by atoms with Crippen molar-refractivity contribution >= 4 is 11.6 Å². The zero-order valence-corrected chi connectivity index (χ0v) is 8.79. The monoisotopic (exact) mass is 212 g/mol. The lowest BCUT2D eigenvalue weighted by Crippen LogP contribution is -1.96. The van der Waals surface area contributed by atoms with Crippen molar-refractivity contribution in [3.8, 4) is 5.75 Å². The zero-order chi connectivity index (χ0) is 10.6. The molecule has 0 aliphatic carbocycles. The Balaban J connectivity index is 2.71. The van der Waals surface area contributed by atoms with E-state index in [1.807, 2.05) is 12.1 Å². The van der Waals surface area contributed by atoms with E-state index in [1.165, 1.54) is 0 Å². The number of hydrogen-bond donors (Lipinski definition) is 1. The van der Waals surface area contributed by atoms with Crippen LogP contribution in [0.3, 0.4) is 0 Å². The molecule has 1 N–H and O–H groups in total. The highest BCUT2D eigenvalue weighted by Crippen LogP contribution is 2.23. The van der Waals surface area contributed by atoms with Crippen LogP contribution in [-0.2, 0) is 0 Å². The average Bonchev–Trinajstić information content (AvgIpc) is 2.17. The summed E-state index contributed by atoms with van der Waals surface area (Å²) in [6.07, 6.45) is -0.223. The van der Waals surface area contributed by atoms with Gasteiger partial charge in [0.15, 0.2) is 0 Å². The van der Waals surface area contributed by atoms with Crippen molar-refractivity contribution in [3.05, 3.63) is 41.4 Å². The summed E-state index contributed by atoms with van der Waals surface area (Å²) in [7, 11) is 1.60. The second kappa shape index (κ2) is 5.03. The maximum Gasteiger partial charge on any atom is 0.118 e. The Kier molecular flexibility index (Phi) is 3.98. The van der Waals surface area contributed by atoms with Crippen LogP contribution in [0.1, 0.15) is 18.1 Å². The molecular weight excluding hydrogens is 200 g/mol. The summed E-state index contributed by atoms with van der Waals surface area (Å²) in [5, 5.41) is 10.1. The van der Waals surface area contributed by atoms with Gasteiger partial charge in [-0.2, -0.15) is 0 Å². The summed E-state index contributed by atoms with van der Waals surface area (Å²) in [6, 6.07) is 7.22. The van der Waals surface area contributed by atoms with E-state index in [1.54, 1.807) is 19.2 Å². The van der Waals surface area contributed by atoms with Gasteiger partial charge in [0.2, 0.25) is 0 Å². The molecule has 0 spiro atoms. The number of methoxy groups -OCH3 is 1. The highest BCUT2D eigenvalue weighted by molar-refractivity contribution is 6.29. The molecule has 0 aliphatic heterocycles. The van der Waals surface area contributed by atoms with E-state index in [0.29, 0.717) is 11.5 Å². The molecule has 1 atom stereocenters. The van der Waals surface area contributed by atoms with Crippen LogP contribution in [0.5, 0.6) is 5.75 Å². The molecule has 0 bridgehead atoms. The summed E-state index contributed by atoms with van der Waals surface area (Å²) in [6.45, 7) is 3.54. The van der Waals surface area contributed by atoms with Gasteiger partial charge in [-0.05, 0) is 17.7 Å². The van der Waals surface area contributed by atoms with Crippen molar-refractivity contribution in [2.45, 2.75) is 12.5 Å². The molecule has 0 aliphatic rings. The Morgan fingerprint density at radius 1 is 1.50 bits per heavy atom. The largest absolute Gasteiger partial charge is 0.497 e. The summed E-state index contributed by atoms with van der Waals surface area (Å²) >= 11 is 5.60. The lowest BCUT2D eigenvalue weighted by molar-refractivity contribution is 0.180. The lowest BCUT2D eigenvalue weighted by Gasteiger charge is -2.10. The number of hydrogen-bond acceptors (Lipinski definition) is 2. The molecule has 14 heavy (non-hydrogen) atoms. The van der Waals surface area contributed by atoms with Crippen molar-refractivity contribution in [2.75, 3.05) is 7.11 Å². The van der Waals surface area contributed by atoms with Crippen molar-refractivity contribution in [1.82, 2.24) is 0 Å². The van der Waals surface area contributed by atoms with Crippen LogP contribution in [0.2, 0.25) is 0 Å². The third kappa shape index (κ3) is 3.05. The quantitative estimate of drug-likeness (QED) is 0.832. The first-order valence-electron chi connectivity index (χ1n) is 4.28. The number of ether oxygens (including phenoxy) is 1. The third-order valence-electron chi connectivity index (χ3n) is 1.92. The Hall–Kier alpha value is -0.990. The Labute approximate surface area is 88.8 Å². The van der Waals surface area contributed by atoms with Gasteiger partial charge < -0.3 is 9.84 Å². The molecule has 1 aromatic carbocycles. The van der Waals surface area contributed by atoms with E-state index in [0.717, 1.165) is 11.3 Å². The van der Waals surface area contributed by atoms with Crippen LogP contribution in [0, 0.1) is 0 Å². The number of aliphatic hydroxyl groups is 1. The molecular formula is C11H13ClO2. The normalized spacial score (nSPS) is 12.2. The molecule has 3 heteroatoms. The zero-order valence-electron chi connectivity index (χ0n) is 8.03. The average molecular weight is 213 g/mol. The summed E-state index contributed by atoms with van der Waals surface area (Å²) in [5.41, 5.74) is 0.813. The first-order chi connectivity index (χ1) is 6.63. The van der Waals surface area contributed by atoms with Crippen molar-refractivity contribution < 1.29 is 9.84 Å². The first-order valence-corrected chi connectivity index (χ1v) is 4.66.